The molecule has 1 heterocycles. The molecule has 0 aliphatic carbocycles. The largest absolute Gasteiger partial charge is 0.469 e. The van der Waals surface area contributed by atoms with Crippen LogP contribution in [0.15, 0.2) is 0 Å². The molecule has 1 rings (SSSR count). The van der Waals surface area contributed by atoms with Crippen LogP contribution in [-0.4, -0.2) is 50.1 Å². The van der Waals surface area contributed by atoms with Crippen molar-refractivity contribution in [2.75, 3.05) is 27.2 Å². The zero-order valence-corrected chi connectivity index (χ0v) is 13.4. The van der Waals surface area contributed by atoms with E-state index in [1.807, 2.05) is 20.8 Å². The highest BCUT2D eigenvalue weighted by molar-refractivity contribution is 5.81. The third kappa shape index (κ3) is 5.49. The number of likely N-dealkylation sites (N-methyl/N-ethyl adjacent to an activating group) is 1. The highest BCUT2D eigenvalue weighted by atomic mass is 16.5. The van der Waals surface area contributed by atoms with Gasteiger partial charge in [-0.05, 0) is 25.8 Å². The van der Waals surface area contributed by atoms with Gasteiger partial charge in [0.2, 0.25) is 5.91 Å². The van der Waals surface area contributed by atoms with Crippen molar-refractivity contribution < 1.29 is 14.3 Å². The molecule has 0 radical (unpaired) electrons. The number of ether oxygens (including phenoxy) is 1. The van der Waals surface area contributed by atoms with Crippen molar-refractivity contribution in [3.05, 3.63) is 0 Å². The number of rotatable bonds is 4. The zero-order chi connectivity index (χ0) is 15.3. The lowest BCUT2D eigenvalue weighted by molar-refractivity contribution is -0.141. The number of likely N-dealkylation sites (tertiary alicyclic amines) is 1. The van der Waals surface area contributed by atoms with Gasteiger partial charge in [0.15, 0.2) is 0 Å². The number of hydrogen-bond acceptors (Lipinski definition) is 4. The molecule has 1 aliphatic rings. The highest BCUT2D eigenvalue weighted by Crippen LogP contribution is 2.22. The maximum Gasteiger partial charge on any atom is 0.305 e. The van der Waals surface area contributed by atoms with Gasteiger partial charge in [0, 0.05) is 31.0 Å². The Kier molecular flexibility index (Phi) is 5.99. The number of esters is 1. The van der Waals surface area contributed by atoms with Gasteiger partial charge in [-0.25, -0.2) is 0 Å². The molecule has 1 amide bonds. The average molecular weight is 284 g/mol. The number of hydrogen-bond donors (Lipinski definition) is 1. The van der Waals surface area contributed by atoms with Gasteiger partial charge in [0.25, 0.3) is 0 Å². The Hall–Kier alpha value is -1.10. The van der Waals surface area contributed by atoms with E-state index in [4.69, 9.17) is 0 Å². The van der Waals surface area contributed by atoms with Gasteiger partial charge in [-0.3, -0.25) is 9.59 Å². The lowest BCUT2D eigenvalue weighted by Gasteiger charge is -2.37. The fourth-order valence-electron chi connectivity index (χ4n) is 2.58. The molecule has 5 heteroatoms. The Morgan fingerprint density at radius 2 is 1.95 bits per heavy atom. The third-order valence-electron chi connectivity index (χ3n) is 3.72. The minimum absolute atomic E-state index is 0.0875. The lowest BCUT2D eigenvalue weighted by Crippen LogP contribution is -2.51. The minimum Gasteiger partial charge on any atom is -0.469 e. The fraction of sp³-hybridized carbons (Fsp3) is 0.867. The van der Waals surface area contributed by atoms with Crippen molar-refractivity contribution in [2.24, 2.45) is 11.3 Å². The Labute approximate surface area is 122 Å². The van der Waals surface area contributed by atoms with E-state index in [0.29, 0.717) is 12.3 Å². The number of piperidine rings is 1. The van der Waals surface area contributed by atoms with Gasteiger partial charge in [0.1, 0.15) is 0 Å². The molecule has 1 N–H and O–H groups in total. The summed E-state index contributed by atoms with van der Waals surface area (Å²) in [5, 5.41) is 3.12. The second-order valence-corrected chi connectivity index (χ2v) is 6.86. The molecule has 0 bridgehead atoms. The summed E-state index contributed by atoms with van der Waals surface area (Å²) in [6, 6.07) is 0.170. The van der Waals surface area contributed by atoms with Crippen LogP contribution in [-0.2, 0) is 14.3 Å². The van der Waals surface area contributed by atoms with Crippen LogP contribution in [0.1, 0.15) is 40.0 Å². The summed E-state index contributed by atoms with van der Waals surface area (Å²) in [6.07, 6.45) is 2.21. The number of carbonyl (C=O) groups is 2. The predicted molar refractivity (Wildman–Crippen MR) is 78.2 cm³/mol. The number of carbonyl (C=O) groups excluding carboxylic acids is 2. The van der Waals surface area contributed by atoms with Gasteiger partial charge in [-0.1, -0.05) is 20.8 Å². The molecular formula is C15H28N2O3. The van der Waals surface area contributed by atoms with Crippen molar-refractivity contribution in [1.29, 1.82) is 0 Å². The Bertz CT molecular complexity index is 350. The molecular weight excluding hydrogens is 256 g/mol. The molecule has 1 fully saturated rings. The van der Waals surface area contributed by atoms with E-state index in [1.54, 1.807) is 0 Å². The molecule has 2 atom stereocenters. The second kappa shape index (κ2) is 7.07. The summed E-state index contributed by atoms with van der Waals surface area (Å²) in [6.45, 7) is 7.60. The van der Waals surface area contributed by atoms with Crippen LogP contribution in [0.5, 0.6) is 0 Å². The van der Waals surface area contributed by atoms with E-state index < -0.39 is 0 Å². The van der Waals surface area contributed by atoms with Crippen molar-refractivity contribution >= 4 is 11.9 Å². The summed E-state index contributed by atoms with van der Waals surface area (Å²) in [4.78, 5) is 25.5. The van der Waals surface area contributed by atoms with E-state index in [1.165, 1.54) is 7.11 Å². The lowest BCUT2D eigenvalue weighted by atomic mass is 9.89. The van der Waals surface area contributed by atoms with Crippen LogP contribution in [0.4, 0.5) is 0 Å². The third-order valence-corrected chi connectivity index (χ3v) is 3.72. The molecule has 5 nitrogen and oxygen atoms in total. The minimum atomic E-state index is -0.364. The van der Waals surface area contributed by atoms with Crippen molar-refractivity contribution in [2.45, 2.75) is 46.1 Å². The van der Waals surface area contributed by atoms with Gasteiger partial charge < -0.3 is 15.0 Å². The molecule has 20 heavy (non-hydrogen) atoms. The summed E-state index contributed by atoms with van der Waals surface area (Å²) in [5.41, 5.74) is -0.364. The Morgan fingerprint density at radius 1 is 1.30 bits per heavy atom. The smallest absolute Gasteiger partial charge is 0.305 e. The van der Waals surface area contributed by atoms with Crippen LogP contribution in [0, 0.1) is 11.3 Å². The number of nitrogens with zero attached hydrogens (tertiary/aromatic N) is 1. The first-order valence-corrected chi connectivity index (χ1v) is 7.28. The number of amides is 1. The first-order valence-electron chi connectivity index (χ1n) is 7.28. The Morgan fingerprint density at radius 3 is 2.50 bits per heavy atom. The summed E-state index contributed by atoms with van der Waals surface area (Å²) >= 11 is 0. The van der Waals surface area contributed by atoms with E-state index in [9.17, 15) is 9.59 Å². The second-order valence-electron chi connectivity index (χ2n) is 6.86. The number of nitrogens with one attached hydrogen (secondary N) is 1. The van der Waals surface area contributed by atoms with Gasteiger partial charge in [-0.15, -0.1) is 0 Å². The van der Waals surface area contributed by atoms with Crippen LogP contribution in [0.25, 0.3) is 0 Å². The van der Waals surface area contributed by atoms with E-state index >= 15 is 0 Å². The van der Waals surface area contributed by atoms with Crippen molar-refractivity contribution in [3.8, 4) is 0 Å². The molecule has 0 aromatic heterocycles. The standard InChI is InChI=1S/C15H28N2O3/c1-15(2,3)14(19)16-12-8-11(9-17(4)10-12)6-7-13(18)20-5/h11-12H,6-10H2,1-5H3,(H,16,19). The van der Waals surface area contributed by atoms with Crippen LogP contribution in [0.3, 0.4) is 0 Å². The highest BCUT2D eigenvalue weighted by Gasteiger charge is 2.29. The molecule has 0 aromatic carbocycles. The van der Waals surface area contributed by atoms with Gasteiger partial charge >= 0.3 is 5.97 Å². The van der Waals surface area contributed by atoms with Crippen LogP contribution < -0.4 is 5.32 Å². The molecule has 1 aliphatic heterocycles. The van der Waals surface area contributed by atoms with Crippen molar-refractivity contribution in [3.63, 3.8) is 0 Å². The molecule has 0 saturated carbocycles. The van der Waals surface area contributed by atoms with E-state index in [-0.39, 0.29) is 23.3 Å². The summed E-state index contributed by atoms with van der Waals surface area (Å²) in [7, 11) is 3.47. The molecule has 0 aromatic rings. The molecule has 0 spiro atoms. The topological polar surface area (TPSA) is 58.6 Å². The first-order chi connectivity index (χ1) is 9.22. The van der Waals surface area contributed by atoms with Gasteiger partial charge in [0.05, 0.1) is 7.11 Å². The quantitative estimate of drug-likeness (QED) is 0.793. The zero-order valence-electron chi connectivity index (χ0n) is 13.4. The van der Waals surface area contributed by atoms with Crippen molar-refractivity contribution in [1.82, 2.24) is 10.2 Å². The maximum absolute atomic E-state index is 12.1. The first kappa shape index (κ1) is 17.0. The summed E-state index contributed by atoms with van der Waals surface area (Å²) in [5.74, 6) is 0.358. The summed E-state index contributed by atoms with van der Waals surface area (Å²) < 4.78 is 4.68. The van der Waals surface area contributed by atoms with E-state index in [0.717, 1.165) is 25.9 Å². The predicted octanol–water partition coefficient (Wildman–Crippen LogP) is 1.42. The molecule has 116 valence electrons. The SMILES string of the molecule is COC(=O)CCC1CC(NC(=O)C(C)(C)C)CN(C)C1. The van der Waals surface area contributed by atoms with Crippen LogP contribution >= 0.6 is 0 Å². The van der Waals surface area contributed by atoms with Crippen LogP contribution in [0.2, 0.25) is 0 Å². The molecule has 1 saturated heterocycles. The van der Waals surface area contributed by atoms with Gasteiger partial charge in [-0.2, -0.15) is 0 Å². The number of methoxy groups -OCH3 is 1. The normalized spacial score (nSPS) is 24.2. The average Bonchev–Trinajstić information content (AvgIpc) is 2.34. The van der Waals surface area contributed by atoms with E-state index in [2.05, 4.69) is 22.0 Å². The maximum atomic E-state index is 12.1. The fourth-order valence-corrected chi connectivity index (χ4v) is 2.58. The monoisotopic (exact) mass is 284 g/mol. The Balaban J connectivity index is 2.49. The molecule has 2 unspecified atom stereocenters.